The van der Waals surface area contributed by atoms with Crippen LogP contribution in [0.2, 0.25) is 5.02 Å². The van der Waals surface area contributed by atoms with Gasteiger partial charge in [-0.1, -0.05) is 108 Å². The minimum absolute atomic E-state index is 0.0681. The Labute approximate surface area is 232 Å². The van der Waals surface area contributed by atoms with Crippen molar-refractivity contribution in [1.82, 2.24) is 4.90 Å². The predicted molar refractivity (Wildman–Crippen MR) is 157 cm³/mol. The lowest BCUT2D eigenvalue weighted by atomic mass is 10.1. The maximum Gasteiger partial charge on any atom is 0.267 e. The quantitative estimate of drug-likeness (QED) is 0.214. The molecule has 0 unspecified atom stereocenters. The van der Waals surface area contributed by atoms with Gasteiger partial charge in [0.2, 0.25) is 0 Å². The summed E-state index contributed by atoms with van der Waals surface area (Å²) in [4.78, 5) is 20.6. The summed E-state index contributed by atoms with van der Waals surface area (Å²) in [6.07, 6.45) is 1.87. The second-order valence-corrected chi connectivity index (χ2v) is 10.5. The molecule has 0 atom stereocenters. The van der Waals surface area contributed by atoms with E-state index in [1.165, 1.54) is 17.3 Å². The zero-order valence-electron chi connectivity index (χ0n) is 21.0. The first-order valence-corrected chi connectivity index (χ1v) is 13.6. The molecular weight excluding hydrogens is 512 g/mol. The van der Waals surface area contributed by atoms with Crippen LogP contribution in [0.1, 0.15) is 27.8 Å². The number of thioether (sulfide) groups is 1. The summed E-state index contributed by atoms with van der Waals surface area (Å²) in [5.74, 6) is 0.539. The van der Waals surface area contributed by atoms with Crippen LogP contribution < -0.4 is 4.74 Å². The highest BCUT2D eigenvalue weighted by atomic mass is 35.5. The lowest BCUT2D eigenvalue weighted by Crippen LogP contribution is -2.28. The third kappa shape index (κ3) is 6.55. The van der Waals surface area contributed by atoms with Crippen molar-refractivity contribution in [2.45, 2.75) is 26.6 Å². The van der Waals surface area contributed by atoms with Crippen LogP contribution in [0.5, 0.6) is 5.75 Å². The summed E-state index contributed by atoms with van der Waals surface area (Å²) in [7, 11) is 0. The maximum atomic E-state index is 13.5. The van der Waals surface area contributed by atoms with Crippen molar-refractivity contribution >= 4 is 40.5 Å². The fraction of sp³-hybridized carbons (Fsp3) is 0.125. The van der Waals surface area contributed by atoms with Crippen LogP contribution in [0.25, 0.3) is 6.08 Å². The largest absolute Gasteiger partial charge is 0.487 e. The molecule has 1 saturated heterocycles. The van der Waals surface area contributed by atoms with E-state index >= 15 is 0 Å². The number of hydrogen-bond donors (Lipinski definition) is 0. The molecule has 4 aromatic carbocycles. The zero-order valence-corrected chi connectivity index (χ0v) is 22.6. The molecule has 1 fully saturated rings. The number of ether oxygens (including phenoxy) is 1. The van der Waals surface area contributed by atoms with Crippen LogP contribution in [0.15, 0.2) is 113 Å². The van der Waals surface area contributed by atoms with E-state index in [0.717, 1.165) is 22.3 Å². The van der Waals surface area contributed by atoms with E-state index in [0.29, 0.717) is 40.5 Å². The molecule has 4 aromatic rings. The van der Waals surface area contributed by atoms with E-state index in [4.69, 9.17) is 21.3 Å². The predicted octanol–water partition coefficient (Wildman–Crippen LogP) is 7.90. The maximum absolute atomic E-state index is 13.5. The molecule has 5 rings (SSSR count). The second-order valence-electron chi connectivity index (χ2n) is 9.04. The van der Waals surface area contributed by atoms with Gasteiger partial charge in [0, 0.05) is 0 Å². The molecule has 38 heavy (non-hydrogen) atoms. The lowest BCUT2D eigenvalue weighted by molar-refractivity contribution is -0.122. The van der Waals surface area contributed by atoms with Crippen LogP contribution in [-0.2, 0) is 24.5 Å². The van der Waals surface area contributed by atoms with Gasteiger partial charge in [0.15, 0.2) is 5.17 Å². The van der Waals surface area contributed by atoms with Crippen LogP contribution in [-0.4, -0.2) is 16.0 Å². The Morgan fingerprint density at radius 3 is 2.24 bits per heavy atom. The Morgan fingerprint density at radius 1 is 0.868 bits per heavy atom. The van der Waals surface area contributed by atoms with Crippen molar-refractivity contribution in [2.75, 3.05) is 0 Å². The number of amides is 1. The minimum Gasteiger partial charge on any atom is -0.487 e. The number of hydrogen-bond acceptors (Lipinski definition) is 4. The van der Waals surface area contributed by atoms with Gasteiger partial charge in [0.1, 0.15) is 12.4 Å². The molecule has 190 valence electrons. The summed E-state index contributed by atoms with van der Waals surface area (Å²) >= 11 is 7.94. The molecule has 4 nitrogen and oxygen atoms in total. The number of benzene rings is 4. The molecule has 0 N–H and O–H groups in total. The van der Waals surface area contributed by atoms with Gasteiger partial charge in [-0.25, -0.2) is 0 Å². The Kier molecular flexibility index (Phi) is 8.27. The summed E-state index contributed by atoms with van der Waals surface area (Å²) in [6, 6.07) is 33.8. The smallest absolute Gasteiger partial charge is 0.267 e. The van der Waals surface area contributed by atoms with Gasteiger partial charge < -0.3 is 4.74 Å². The average Bonchev–Trinajstić information content (AvgIpc) is 3.22. The lowest BCUT2D eigenvalue weighted by Gasteiger charge is -2.15. The number of rotatable bonds is 8. The third-order valence-electron chi connectivity index (χ3n) is 6.08. The van der Waals surface area contributed by atoms with Crippen LogP contribution in [0.3, 0.4) is 0 Å². The molecule has 0 aliphatic carbocycles. The Morgan fingerprint density at radius 2 is 1.55 bits per heavy atom. The first kappa shape index (κ1) is 25.8. The number of amidine groups is 1. The van der Waals surface area contributed by atoms with Crippen molar-refractivity contribution < 1.29 is 9.53 Å². The minimum atomic E-state index is -0.0681. The van der Waals surface area contributed by atoms with Crippen molar-refractivity contribution in [2.24, 2.45) is 4.99 Å². The first-order chi connectivity index (χ1) is 18.5. The molecule has 0 spiro atoms. The summed E-state index contributed by atoms with van der Waals surface area (Å²) in [6.45, 7) is 3.46. The average molecular weight is 539 g/mol. The van der Waals surface area contributed by atoms with E-state index in [2.05, 4.69) is 19.1 Å². The fourth-order valence-electron chi connectivity index (χ4n) is 3.99. The third-order valence-corrected chi connectivity index (χ3v) is 7.42. The highest BCUT2D eigenvalue weighted by molar-refractivity contribution is 8.18. The van der Waals surface area contributed by atoms with E-state index in [1.807, 2.05) is 97.1 Å². The topological polar surface area (TPSA) is 41.9 Å². The second kappa shape index (κ2) is 12.2. The van der Waals surface area contributed by atoms with E-state index in [1.54, 1.807) is 4.90 Å². The van der Waals surface area contributed by atoms with Crippen LogP contribution >= 0.6 is 23.4 Å². The molecule has 1 amide bonds. The molecule has 0 saturated carbocycles. The summed E-state index contributed by atoms with van der Waals surface area (Å²) in [5.41, 5.74) is 5.26. The summed E-state index contributed by atoms with van der Waals surface area (Å²) in [5, 5.41) is 1.19. The Bertz CT molecular complexity index is 1470. The number of nitrogens with zero attached hydrogens (tertiary/aromatic N) is 2. The number of aliphatic imine (C=N–C) groups is 1. The molecule has 0 aromatic heterocycles. The SMILES string of the molecule is Cc1ccc(COc2ccc(/C=C3/SC(=NCc4ccccc4)N(Cc4ccccc4)C3=O)cc2Cl)cc1. The van der Waals surface area contributed by atoms with Gasteiger partial charge in [-0.05, 0) is 59.1 Å². The van der Waals surface area contributed by atoms with Gasteiger partial charge in [0.05, 0.1) is 23.0 Å². The Hall–Kier alpha value is -3.80. The van der Waals surface area contributed by atoms with Crippen molar-refractivity contribution in [3.05, 3.63) is 141 Å². The number of halogens is 1. The number of carbonyl (C=O) groups excluding carboxylic acids is 1. The highest BCUT2D eigenvalue weighted by Gasteiger charge is 2.33. The highest BCUT2D eigenvalue weighted by Crippen LogP contribution is 2.35. The number of aryl methyl sites for hydroxylation is 1. The molecule has 0 bridgehead atoms. The molecular formula is C32H27ClN2O2S. The zero-order chi connectivity index (χ0) is 26.3. The molecule has 0 radical (unpaired) electrons. The van der Waals surface area contributed by atoms with Crippen LogP contribution in [0, 0.1) is 6.92 Å². The van der Waals surface area contributed by atoms with Gasteiger partial charge >= 0.3 is 0 Å². The van der Waals surface area contributed by atoms with Gasteiger partial charge in [0.25, 0.3) is 5.91 Å². The van der Waals surface area contributed by atoms with Crippen molar-refractivity contribution in [3.8, 4) is 5.75 Å². The number of carbonyl (C=O) groups is 1. The molecule has 1 aliphatic rings. The van der Waals surface area contributed by atoms with Crippen LogP contribution in [0.4, 0.5) is 0 Å². The van der Waals surface area contributed by atoms with Gasteiger partial charge in [-0.3, -0.25) is 14.7 Å². The van der Waals surface area contributed by atoms with E-state index in [9.17, 15) is 4.79 Å². The fourth-order valence-corrected chi connectivity index (χ4v) is 5.21. The first-order valence-electron chi connectivity index (χ1n) is 12.4. The summed E-state index contributed by atoms with van der Waals surface area (Å²) < 4.78 is 5.93. The molecule has 1 heterocycles. The molecule has 1 aliphatic heterocycles. The van der Waals surface area contributed by atoms with Crippen molar-refractivity contribution in [1.29, 1.82) is 0 Å². The Balaban J connectivity index is 1.34. The van der Waals surface area contributed by atoms with Crippen molar-refractivity contribution in [3.63, 3.8) is 0 Å². The monoisotopic (exact) mass is 538 g/mol. The van der Waals surface area contributed by atoms with E-state index < -0.39 is 0 Å². The normalized spacial score (nSPS) is 15.4. The van der Waals surface area contributed by atoms with E-state index in [-0.39, 0.29) is 5.91 Å². The van der Waals surface area contributed by atoms with Gasteiger partial charge in [-0.15, -0.1) is 0 Å². The van der Waals surface area contributed by atoms with Gasteiger partial charge in [-0.2, -0.15) is 0 Å². The standard InChI is InChI=1S/C32H27ClN2O2S/c1-23-12-14-26(15-13-23)22-37-29-17-16-27(18-28(29)33)19-30-31(36)35(21-25-10-6-3-7-11-25)32(38-30)34-20-24-8-4-2-5-9-24/h2-19H,20-22H2,1H3/b30-19+,34-32?. The molecule has 6 heteroatoms.